The maximum Gasteiger partial charge on any atom is 0.408 e. The van der Waals surface area contributed by atoms with Crippen LogP contribution in [0.4, 0.5) is 4.79 Å². The van der Waals surface area contributed by atoms with Gasteiger partial charge in [-0.05, 0) is 38.8 Å². The zero-order chi connectivity index (χ0) is 16.8. The van der Waals surface area contributed by atoms with Gasteiger partial charge in [-0.25, -0.2) is 9.59 Å². The van der Waals surface area contributed by atoms with Gasteiger partial charge in [0.05, 0.1) is 13.2 Å². The van der Waals surface area contributed by atoms with Crippen LogP contribution in [0.1, 0.15) is 31.9 Å². The van der Waals surface area contributed by atoms with Crippen LogP contribution in [-0.2, 0) is 20.9 Å². The summed E-state index contributed by atoms with van der Waals surface area (Å²) in [5.41, 5.74) is 1.35. The number of benzene rings is 1. The van der Waals surface area contributed by atoms with E-state index >= 15 is 0 Å². The molecule has 0 spiro atoms. The lowest BCUT2D eigenvalue weighted by atomic mass is 10.1. The Balaban J connectivity index is 2.50. The molecule has 0 aliphatic heterocycles. The Morgan fingerprint density at radius 3 is 2.45 bits per heavy atom. The minimum atomic E-state index is -1.17. The first-order valence-electron chi connectivity index (χ1n) is 7.03. The highest BCUT2D eigenvalue weighted by Crippen LogP contribution is 2.09. The van der Waals surface area contributed by atoms with E-state index in [0.29, 0.717) is 0 Å². The summed E-state index contributed by atoms with van der Waals surface area (Å²) in [6.07, 6.45) is -0.778. The molecule has 0 heterocycles. The second-order valence-corrected chi connectivity index (χ2v) is 5.98. The average Bonchev–Trinajstić information content (AvgIpc) is 2.37. The fourth-order valence-electron chi connectivity index (χ4n) is 1.68. The van der Waals surface area contributed by atoms with Crippen LogP contribution < -0.4 is 5.32 Å². The first kappa shape index (κ1) is 18.0. The van der Waals surface area contributed by atoms with Crippen molar-refractivity contribution in [3.8, 4) is 0 Å². The van der Waals surface area contributed by atoms with Crippen molar-refractivity contribution in [1.29, 1.82) is 0 Å². The monoisotopic (exact) mass is 309 g/mol. The molecule has 122 valence electrons. The van der Waals surface area contributed by atoms with Gasteiger partial charge < -0.3 is 19.9 Å². The van der Waals surface area contributed by atoms with Crippen LogP contribution in [0.15, 0.2) is 24.3 Å². The second kappa shape index (κ2) is 7.79. The molecule has 22 heavy (non-hydrogen) atoms. The third kappa shape index (κ3) is 6.58. The molecular formula is C16H23NO5. The number of alkyl carbamates (subject to hydrolysis) is 1. The molecule has 1 rings (SSSR count). The van der Waals surface area contributed by atoms with E-state index in [4.69, 9.17) is 14.6 Å². The minimum Gasteiger partial charge on any atom is -0.480 e. The number of aryl methyl sites for hydroxylation is 1. The van der Waals surface area contributed by atoms with Crippen molar-refractivity contribution in [2.75, 3.05) is 6.61 Å². The van der Waals surface area contributed by atoms with Crippen LogP contribution in [0.5, 0.6) is 0 Å². The fraction of sp³-hybridized carbons (Fsp3) is 0.500. The maximum atomic E-state index is 11.6. The van der Waals surface area contributed by atoms with E-state index in [-0.39, 0.29) is 13.2 Å². The Hall–Kier alpha value is -2.08. The SMILES string of the molecule is Cc1ccccc1COCC(NC(=O)OC(C)(C)C)C(=O)O. The predicted octanol–water partition coefficient (Wildman–Crippen LogP) is 2.49. The van der Waals surface area contributed by atoms with Crippen molar-refractivity contribution in [2.24, 2.45) is 0 Å². The summed E-state index contributed by atoms with van der Waals surface area (Å²) in [5.74, 6) is -1.17. The van der Waals surface area contributed by atoms with Gasteiger partial charge in [0.1, 0.15) is 5.60 Å². The lowest BCUT2D eigenvalue weighted by Crippen LogP contribution is -2.46. The minimum absolute atomic E-state index is 0.136. The Morgan fingerprint density at radius 2 is 1.91 bits per heavy atom. The van der Waals surface area contributed by atoms with Crippen molar-refractivity contribution in [2.45, 2.75) is 45.9 Å². The van der Waals surface area contributed by atoms with Gasteiger partial charge in [-0.15, -0.1) is 0 Å². The Kier molecular flexibility index (Phi) is 6.37. The zero-order valence-corrected chi connectivity index (χ0v) is 13.4. The molecule has 0 aromatic heterocycles. The first-order chi connectivity index (χ1) is 10.2. The smallest absolute Gasteiger partial charge is 0.408 e. The number of carbonyl (C=O) groups excluding carboxylic acids is 1. The van der Waals surface area contributed by atoms with Crippen LogP contribution in [-0.4, -0.2) is 35.4 Å². The maximum absolute atomic E-state index is 11.6. The molecule has 1 atom stereocenters. The van der Waals surface area contributed by atoms with Gasteiger partial charge in [0, 0.05) is 0 Å². The summed E-state index contributed by atoms with van der Waals surface area (Å²) >= 11 is 0. The van der Waals surface area contributed by atoms with E-state index in [2.05, 4.69) is 5.32 Å². The van der Waals surface area contributed by atoms with Gasteiger partial charge in [0.2, 0.25) is 0 Å². The second-order valence-electron chi connectivity index (χ2n) is 5.98. The standard InChI is InChI=1S/C16H23NO5/c1-11-7-5-6-8-12(11)9-21-10-13(14(18)19)17-15(20)22-16(2,3)4/h5-8,13H,9-10H2,1-4H3,(H,17,20)(H,18,19). The van der Waals surface area contributed by atoms with Crippen molar-refractivity contribution >= 4 is 12.1 Å². The van der Waals surface area contributed by atoms with E-state index in [1.165, 1.54) is 0 Å². The van der Waals surface area contributed by atoms with Crippen molar-refractivity contribution in [3.05, 3.63) is 35.4 Å². The molecule has 1 aromatic carbocycles. The number of amides is 1. The predicted molar refractivity (Wildman–Crippen MR) is 81.6 cm³/mol. The third-order valence-electron chi connectivity index (χ3n) is 2.79. The molecule has 1 aromatic rings. The highest BCUT2D eigenvalue weighted by atomic mass is 16.6. The van der Waals surface area contributed by atoms with Gasteiger partial charge in [0.25, 0.3) is 0 Å². The molecule has 0 aliphatic carbocycles. The van der Waals surface area contributed by atoms with Crippen molar-refractivity contribution < 1.29 is 24.2 Å². The molecule has 6 heteroatoms. The van der Waals surface area contributed by atoms with Crippen LogP contribution in [0.25, 0.3) is 0 Å². The van der Waals surface area contributed by atoms with Crippen LogP contribution in [0.3, 0.4) is 0 Å². The number of carboxylic acids is 1. The summed E-state index contributed by atoms with van der Waals surface area (Å²) in [7, 11) is 0. The number of carbonyl (C=O) groups is 2. The molecule has 0 bridgehead atoms. The Labute approximate surface area is 130 Å². The highest BCUT2D eigenvalue weighted by Gasteiger charge is 2.24. The normalized spacial score (nSPS) is 12.5. The number of ether oxygens (including phenoxy) is 2. The Bertz CT molecular complexity index is 522. The zero-order valence-electron chi connectivity index (χ0n) is 13.4. The van der Waals surface area contributed by atoms with E-state index < -0.39 is 23.7 Å². The summed E-state index contributed by atoms with van der Waals surface area (Å²) in [4.78, 5) is 22.8. The van der Waals surface area contributed by atoms with E-state index in [1.54, 1.807) is 20.8 Å². The van der Waals surface area contributed by atoms with Crippen molar-refractivity contribution in [3.63, 3.8) is 0 Å². The highest BCUT2D eigenvalue weighted by molar-refractivity contribution is 5.80. The molecule has 0 fully saturated rings. The number of rotatable bonds is 6. The molecule has 1 amide bonds. The number of aliphatic carboxylic acids is 1. The quantitative estimate of drug-likeness (QED) is 0.843. The summed E-state index contributed by atoms with van der Waals surface area (Å²) < 4.78 is 10.4. The van der Waals surface area contributed by atoms with Gasteiger partial charge in [-0.2, -0.15) is 0 Å². The largest absolute Gasteiger partial charge is 0.480 e. The topological polar surface area (TPSA) is 84.9 Å². The van der Waals surface area contributed by atoms with Crippen LogP contribution >= 0.6 is 0 Å². The number of nitrogens with one attached hydrogen (secondary N) is 1. The summed E-state index contributed by atoms with van der Waals surface area (Å²) in [6.45, 7) is 7.22. The fourth-order valence-corrected chi connectivity index (χ4v) is 1.68. The average molecular weight is 309 g/mol. The molecule has 0 saturated heterocycles. The van der Waals surface area contributed by atoms with Gasteiger partial charge in [0.15, 0.2) is 6.04 Å². The van der Waals surface area contributed by atoms with Crippen molar-refractivity contribution in [1.82, 2.24) is 5.32 Å². The van der Waals surface area contributed by atoms with E-state index in [0.717, 1.165) is 11.1 Å². The molecule has 0 aliphatic rings. The summed E-state index contributed by atoms with van der Waals surface area (Å²) in [6, 6.07) is 6.51. The van der Waals surface area contributed by atoms with E-state index in [9.17, 15) is 9.59 Å². The first-order valence-corrected chi connectivity index (χ1v) is 7.03. The number of hydrogen-bond acceptors (Lipinski definition) is 4. The molecule has 0 radical (unpaired) electrons. The third-order valence-corrected chi connectivity index (χ3v) is 2.79. The molecule has 1 unspecified atom stereocenters. The summed E-state index contributed by atoms with van der Waals surface area (Å²) in [5, 5.41) is 11.4. The molecular weight excluding hydrogens is 286 g/mol. The van der Waals surface area contributed by atoms with Crippen LogP contribution in [0.2, 0.25) is 0 Å². The lowest BCUT2D eigenvalue weighted by Gasteiger charge is -2.22. The van der Waals surface area contributed by atoms with Crippen LogP contribution in [0, 0.1) is 6.92 Å². The van der Waals surface area contributed by atoms with Gasteiger partial charge in [-0.3, -0.25) is 0 Å². The number of carboxylic acid groups (broad SMARTS) is 1. The lowest BCUT2D eigenvalue weighted by molar-refractivity contribution is -0.141. The Morgan fingerprint density at radius 1 is 1.27 bits per heavy atom. The molecule has 0 saturated carbocycles. The van der Waals surface area contributed by atoms with Gasteiger partial charge >= 0.3 is 12.1 Å². The van der Waals surface area contributed by atoms with E-state index in [1.807, 2.05) is 31.2 Å². The molecule has 2 N–H and O–H groups in total. The number of hydrogen-bond donors (Lipinski definition) is 2. The molecule has 6 nitrogen and oxygen atoms in total. The van der Waals surface area contributed by atoms with Gasteiger partial charge in [-0.1, -0.05) is 24.3 Å².